The summed E-state index contributed by atoms with van der Waals surface area (Å²) in [6, 6.07) is 3.43. The molecule has 0 saturated carbocycles. The molecule has 1 fully saturated rings. The van der Waals surface area contributed by atoms with Gasteiger partial charge in [-0.15, -0.1) is 11.8 Å². The fourth-order valence-corrected chi connectivity index (χ4v) is 3.70. The Labute approximate surface area is 159 Å². The van der Waals surface area contributed by atoms with Crippen LogP contribution in [-0.2, 0) is 28.6 Å². The molecule has 1 aromatic heterocycles. The minimum absolute atomic E-state index is 0.255. The Bertz CT molecular complexity index is 764. The monoisotopic (exact) mass is 394 g/mol. The largest absolute Gasteiger partial charge is 0.474 e. The summed E-state index contributed by atoms with van der Waals surface area (Å²) < 4.78 is 21.6. The third kappa shape index (κ3) is 5.86. The molecule has 0 amide bonds. The third-order valence-electron chi connectivity index (χ3n) is 3.40. The minimum atomic E-state index is -1.03. The third-order valence-corrected chi connectivity index (χ3v) is 4.61. The second-order valence-electron chi connectivity index (χ2n) is 5.64. The fraction of sp³-hybridized carbons (Fsp3) is 0.471. The summed E-state index contributed by atoms with van der Waals surface area (Å²) in [5.74, 6) is -1.24. The lowest BCUT2D eigenvalue weighted by Gasteiger charge is -2.39. The van der Waals surface area contributed by atoms with Crippen LogP contribution < -0.4 is 4.74 Å². The highest BCUT2D eigenvalue weighted by atomic mass is 32.2. The molecule has 144 valence electrons. The number of pyridine rings is 1. The molecule has 1 aliphatic rings. The smallest absolute Gasteiger partial charge is 0.303 e. The number of esters is 3. The molecule has 4 atom stereocenters. The molecule has 9 nitrogen and oxygen atoms in total. The van der Waals surface area contributed by atoms with Gasteiger partial charge < -0.3 is 18.9 Å². The molecule has 1 saturated heterocycles. The van der Waals surface area contributed by atoms with Crippen molar-refractivity contribution in [2.45, 2.75) is 44.5 Å². The molecule has 0 spiro atoms. The maximum atomic E-state index is 11.6. The standard InChI is InChI=1S/C17H18N2O7S/c1-9(20)23-14-8-27-17(26-13-4-12(5-18)6-19-7-13)16(25-11(3)22)15(14)24-10(2)21/h4,6-7,14-17H,8H2,1-3H3/t14-,15+,16-,17-/m1/s1. The first-order valence-corrected chi connectivity index (χ1v) is 9.00. The highest BCUT2D eigenvalue weighted by molar-refractivity contribution is 7.99. The van der Waals surface area contributed by atoms with Crippen molar-refractivity contribution in [1.29, 1.82) is 5.26 Å². The Balaban J connectivity index is 2.29. The number of carbonyl (C=O) groups excluding carboxylic acids is 3. The molecule has 0 aliphatic carbocycles. The van der Waals surface area contributed by atoms with Gasteiger partial charge in [0.05, 0.1) is 11.8 Å². The summed E-state index contributed by atoms with van der Waals surface area (Å²) in [5, 5.41) is 8.97. The van der Waals surface area contributed by atoms with Crippen LogP contribution >= 0.6 is 11.8 Å². The van der Waals surface area contributed by atoms with Crippen LogP contribution in [0.3, 0.4) is 0 Å². The predicted octanol–water partition coefficient (Wildman–Crippen LogP) is 1.20. The Morgan fingerprint density at radius 2 is 1.70 bits per heavy atom. The summed E-state index contributed by atoms with van der Waals surface area (Å²) in [6.45, 7) is 3.64. The van der Waals surface area contributed by atoms with Crippen LogP contribution in [0, 0.1) is 11.3 Å². The summed E-state index contributed by atoms with van der Waals surface area (Å²) in [5.41, 5.74) is -0.465. The van der Waals surface area contributed by atoms with E-state index in [0.717, 1.165) is 0 Å². The first-order chi connectivity index (χ1) is 12.8. The number of nitrogens with zero attached hydrogens (tertiary/aromatic N) is 2. The Morgan fingerprint density at radius 3 is 2.30 bits per heavy atom. The van der Waals surface area contributed by atoms with Crippen molar-refractivity contribution in [3.63, 3.8) is 0 Å². The van der Waals surface area contributed by atoms with Gasteiger partial charge in [-0.2, -0.15) is 5.26 Å². The van der Waals surface area contributed by atoms with Crippen molar-refractivity contribution in [1.82, 2.24) is 4.98 Å². The molecule has 1 aliphatic heterocycles. The molecule has 0 unspecified atom stereocenters. The van der Waals surface area contributed by atoms with Gasteiger partial charge >= 0.3 is 17.9 Å². The van der Waals surface area contributed by atoms with Crippen molar-refractivity contribution in [3.8, 4) is 11.8 Å². The molecule has 10 heteroatoms. The van der Waals surface area contributed by atoms with E-state index >= 15 is 0 Å². The van der Waals surface area contributed by atoms with E-state index in [-0.39, 0.29) is 11.5 Å². The van der Waals surface area contributed by atoms with Gasteiger partial charge in [0.15, 0.2) is 23.7 Å². The molecule has 0 bridgehead atoms. The molecule has 0 aromatic carbocycles. The quantitative estimate of drug-likeness (QED) is 0.531. The molecular weight excluding hydrogens is 376 g/mol. The van der Waals surface area contributed by atoms with Crippen molar-refractivity contribution >= 4 is 29.7 Å². The van der Waals surface area contributed by atoms with Crippen molar-refractivity contribution in [2.75, 3.05) is 5.75 Å². The number of ether oxygens (including phenoxy) is 4. The number of carbonyl (C=O) groups is 3. The second-order valence-corrected chi connectivity index (χ2v) is 6.77. The van der Waals surface area contributed by atoms with Crippen LogP contribution in [0.1, 0.15) is 26.3 Å². The molecule has 0 radical (unpaired) electrons. The van der Waals surface area contributed by atoms with Crippen molar-refractivity contribution < 1.29 is 33.3 Å². The summed E-state index contributed by atoms with van der Waals surface area (Å²) in [7, 11) is 0. The van der Waals surface area contributed by atoms with Crippen LogP contribution in [-0.4, -0.2) is 52.4 Å². The Kier molecular flexibility index (Phi) is 7.01. The summed E-state index contributed by atoms with van der Waals surface area (Å²) in [4.78, 5) is 38.4. The summed E-state index contributed by atoms with van der Waals surface area (Å²) in [6.07, 6.45) is -0.0771. The number of rotatable bonds is 5. The minimum Gasteiger partial charge on any atom is -0.474 e. The predicted molar refractivity (Wildman–Crippen MR) is 92.5 cm³/mol. The van der Waals surface area contributed by atoms with E-state index in [1.807, 2.05) is 6.07 Å². The van der Waals surface area contributed by atoms with Crippen molar-refractivity contribution in [3.05, 3.63) is 24.0 Å². The Hall–Kier alpha value is -2.80. The zero-order valence-electron chi connectivity index (χ0n) is 14.9. The molecule has 2 heterocycles. The van der Waals surface area contributed by atoms with E-state index in [4.69, 9.17) is 24.2 Å². The summed E-state index contributed by atoms with van der Waals surface area (Å²) >= 11 is 1.22. The van der Waals surface area contributed by atoms with E-state index in [1.54, 1.807) is 0 Å². The van der Waals surface area contributed by atoms with Crippen molar-refractivity contribution in [2.24, 2.45) is 0 Å². The van der Waals surface area contributed by atoms with Crippen LogP contribution in [0.4, 0.5) is 0 Å². The fourth-order valence-electron chi connectivity index (χ4n) is 2.49. The SMILES string of the molecule is CC(=O)O[C@@H]1[C@@H](OC(C)=O)[C@H](OC(C)=O)CS[C@H]1Oc1cncc(C#N)c1. The van der Waals surface area contributed by atoms with Gasteiger partial charge in [-0.1, -0.05) is 0 Å². The van der Waals surface area contributed by atoms with Crippen LogP contribution in [0.2, 0.25) is 0 Å². The molecule has 1 aromatic rings. The van der Waals surface area contributed by atoms with Crippen LogP contribution in [0.25, 0.3) is 0 Å². The number of thioether (sulfide) groups is 1. The maximum Gasteiger partial charge on any atom is 0.303 e. The zero-order chi connectivity index (χ0) is 20.0. The Morgan fingerprint density at radius 1 is 1.07 bits per heavy atom. The van der Waals surface area contributed by atoms with Gasteiger partial charge in [0.1, 0.15) is 11.8 Å². The lowest BCUT2D eigenvalue weighted by atomic mass is 10.1. The van der Waals surface area contributed by atoms with E-state index in [9.17, 15) is 14.4 Å². The number of hydrogen-bond acceptors (Lipinski definition) is 10. The number of nitriles is 1. The van der Waals surface area contributed by atoms with Gasteiger partial charge in [-0.05, 0) is 0 Å². The van der Waals surface area contributed by atoms with Crippen LogP contribution in [0.15, 0.2) is 18.5 Å². The average Bonchev–Trinajstić information content (AvgIpc) is 2.59. The number of aromatic nitrogens is 1. The highest BCUT2D eigenvalue weighted by Gasteiger charge is 2.47. The topological polar surface area (TPSA) is 125 Å². The van der Waals surface area contributed by atoms with E-state index in [2.05, 4.69) is 4.98 Å². The maximum absolute atomic E-state index is 11.6. The highest BCUT2D eigenvalue weighted by Crippen LogP contribution is 2.34. The van der Waals surface area contributed by atoms with Gasteiger partial charge in [-0.25, -0.2) is 0 Å². The normalized spacial score (nSPS) is 24.2. The molecule has 0 N–H and O–H groups in total. The first-order valence-electron chi connectivity index (χ1n) is 7.95. The van der Waals surface area contributed by atoms with E-state index < -0.39 is 41.7 Å². The molecular formula is C17H18N2O7S. The zero-order valence-corrected chi connectivity index (χ0v) is 15.7. The lowest BCUT2D eigenvalue weighted by Crippen LogP contribution is -2.55. The van der Waals surface area contributed by atoms with Gasteiger partial charge in [0.2, 0.25) is 0 Å². The lowest BCUT2D eigenvalue weighted by molar-refractivity contribution is -0.186. The average molecular weight is 394 g/mol. The first kappa shape index (κ1) is 20.5. The van der Waals surface area contributed by atoms with Gasteiger partial charge in [0, 0.05) is 38.8 Å². The van der Waals surface area contributed by atoms with E-state index in [0.29, 0.717) is 5.56 Å². The molecule has 2 rings (SSSR count). The number of hydrogen-bond donors (Lipinski definition) is 0. The second kappa shape index (κ2) is 9.23. The van der Waals surface area contributed by atoms with E-state index in [1.165, 1.54) is 51.0 Å². The van der Waals surface area contributed by atoms with Gasteiger partial charge in [-0.3, -0.25) is 19.4 Å². The van der Waals surface area contributed by atoms with Gasteiger partial charge in [0.25, 0.3) is 0 Å². The van der Waals surface area contributed by atoms with Crippen LogP contribution in [0.5, 0.6) is 5.75 Å². The molecule has 27 heavy (non-hydrogen) atoms.